The van der Waals surface area contributed by atoms with Crippen LogP contribution in [0.4, 0.5) is 0 Å². The van der Waals surface area contributed by atoms with E-state index in [1.165, 1.54) is 22.6 Å². The van der Waals surface area contributed by atoms with E-state index in [1.54, 1.807) is 0 Å². The van der Waals surface area contributed by atoms with Crippen molar-refractivity contribution in [1.82, 2.24) is 14.8 Å². The summed E-state index contributed by atoms with van der Waals surface area (Å²) in [4.78, 5) is 2.69. The van der Waals surface area contributed by atoms with Crippen LogP contribution in [-0.4, -0.2) is 14.8 Å². The second-order valence-electron chi connectivity index (χ2n) is 4.26. The van der Waals surface area contributed by atoms with Crippen LogP contribution < -0.4 is 0 Å². The van der Waals surface area contributed by atoms with Gasteiger partial charge in [0.1, 0.15) is 5.82 Å². The Hall–Kier alpha value is -0.940. The standard InChI is InChI=1S/C11H13N3S2/c1-7-2-5-9(16-7)6-14-10(8-3-4-8)12-13-11(14)15/h2,5,8H,3-4,6H2,1H3,(H,13,15). The summed E-state index contributed by atoms with van der Waals surface area (Å²) in [5.74, 6) is 1.77. The third kappa shape index (κ3) is 1.85. The summed E-state index contributed by atoms with van der Waals surface area (Å²) in [6.07, 6.45) is 2.51. The van der Waals surface area contributed by atoms with Gasteiger partial charge in [-0.05, 0) is 44.1 Å². The molecular formula is C11H13N3S2. The summed E-state index contributed by atoms with van der Waals surface area (Å²) in [6.45, 7) is 2.99. The van der Waals surface area contributed by atoms with E-state index in [0.29, 0.717) is 5.92 Å². The Balaban J connectivity index is 1.93. The van der Waals surface area contributed by atoms with Crippen LogP contribution in [0.25, 0.3) is 0 Å². The molecule has 0 unspecified atom stereocenters. The van der Waals surface area contributed by atoms with Gasteiger partial charge in [-0.1, -0.05) is 0 Å². The fourth-order valence-corrected chi connectivity index (χ4v) is 2.94. The molecule has 84 valence electrons. The first kappa shape index (κ1) is 10.2. The molecule has 0 atom stereocenters. The normalized spacial score (nSPS) is 15.6. The molecular weight excluding hydrogens is 238 g/mol. The van der Waals surface area contributed by atoms with Gasteiger partial charge < -0.3 is 0 Å². The van der Waals surface area contributed by atoms with E-state index in [4.69, 9.17) is 12.2 Å². The quantitative estimate of drug-likeness (QED) is 0.850. The minimum atomic E-state index is 0.633. The van der Waals surface area contributed by atoms with Crippen molar-refractivity contribution in [2.75, 3.05) is 0 Å². The van der Waals surface area contributed by atoms with Gasteiger partial charge in [0, 0.05) is 15.7 Å². The maximum Gasteiger partial charge on any atom is 0.195 e. The summed E-state index contributed by atoms with van der Waals surface area (Å²) >= 11 is 7.10. The molecule has 0 spiro atoms. The Morgan fingerprint density at radius 1 is 1.56 bits per heavy atom. The van der Waals surface area contributed by atoms with E-state index in [1.807, 2.05) is 11.3 Å². The van der Waals surface area contributed by atoms with Gasteiger partial charge in [0.15, 0.2) is 4.77 Å². The van der Waals surface area contributed by atoms with Gasteiger partial charge in [-0.3, -0.25) is 9.67 Å². The zero-order valence-electron chi connectivity index (χ0n) is 9.06. The summed E-state index contributed by atoms with van der Waals surface area (Å²) in [5, 5.41) is 7.24. The van der Waals surface area contributed by atoms with Gasteiger partial charge in [0.25, 0.3) is 0 Å². The van der Waals surface area contributed by atoms with Gasteiger partial charge in [0.2, 0.25) is 0 Å². The molecule has 2 aromatic rings. The van der Waals surface area contributed by atoms with Crippen LogP contribution in [0.5, 0.6) is 0 Å². The van der Waals surface area contributed by atoms with Gasteiger partial charge >= 0.3 is 0 Å². The van der Waals surface area contributed by atoms with Crippen molar-refractivity contribution in [1.29, 1.82) is 0 Å². The summed E-state index contributed by atoms with van der Waals surface area (Å²) in [5.41, 5.74) is 0. The van der Waals surface area contributed by atoms with Crippen molar-refractivity contribution >= 4 is 23.6 Å². The number of H-pyrrole nitrogens is 1. The molecule has 0 radical (unpaired) electrons. The smallest absolute Gasteiger partial charge is 0.195 e. The molecule has 1 aliphatic rings. The number of aromatic nitrogens is 3. The van der Waals surface area contributed by atoms with Crippen LogP contribution >= 0.6 is 23.6 Å². The maximum atomic E-state index is 5.28. The van der Waals surface area contributed by atoms with Gasteiger partial charge in [-0.2, -0.15) is 5.10 Å². The molecule has 1 N–H and O–H groups in total. The highest BCUT2D eigenvalue weighted by Crippen LogP contribution is 2.39. The topological polar surface area (TPSA) is 33.6 Å². The molecule has 0 aliphatic heterocycles. The van der Waals surface area contributed by atoms with Gasteiger partial charge in [0.05, 0.1) is 6.54 Å². The van der Waals surface area contributed by atoms with E-state index in [-0.39, 0.29) is 0 Å². The molecule has 3 nitrogen and oxygen atoms in total. The van der Waals surface area contributed by atoms with E-state index < -0.39 is 0 Å². The predicted molar refractivity (Wildman–Crippen MR) is 67.5 cm³/mol. The first-order valence-electron chi connectivity index (χ1n) is 5.44. The lowest BCUT2D eigenvalue weighted by Crippen LogP contribution is -2.03. The largest absolute Gasteiger partial charge is 0.299 e. The van der Waals surface area contributed by atoms with Crippen molar-refractivity contribution in [3.8, 4) is 0 Å². The minimum absolute atomic E-state index is 0.633. The minimum Gasteiger partial charge on any atom is -0.299 e. The zero-order chi connectivity index (χ0) is 11.1. The second kappa shape index (κ2) is 3.82. The Morgan fingerprint density at radius 3 is 3.00 bits per heavy atom. The summed E-state index contributed by atoms with van der Waals surface area (Å²) < 4.78 is 2.88. The highest BCUT2D eigenvalue weighted by molar-refractivity contribution is 7.71. The molecule has 0 amide bonds. The van der Waals surface area contributed by atoms with Crippen LogP contribution in [-0.2, 0) is 6.54 Å². The third-order valence-corrected chi connectivity index (χ3v) is 4.14. The fraction of sp³-hybridized carbons (Fsp3) is 0.455. The molecule has 16 heavy (non-hydrogen) atoms. The summed E-state index contributed by atoms with van der Waals surface area (Å²) in [7, 11) is 0. The molecule has 5 heteroatoms. The Bertz CT molecular complexity index is 560. The maximum absolute atomic E-state index is 5.28. The molecule has 3 rings (SSSR count). The van der Waals surface area contributed by atoms with E-state index in [2.05, 4.69) is 33.8 Å². The molecule has 2 heterocycles. The first-order valence-corrected chi connectivity index (χ1v) is 6.67. The molecule has 0 aromatic carbocycles. The number of hydrogen-bond acceptors (Lipinski definition) is 3. The van der Waals surface area contributed by atoms with Gasteiger partial charge in [-0.25, -0.2) is 0 Å². The number of rotatable bonds is 3. The van der Waals surface area contributed by atoms with Gasteiger partial charge in [-0.15, -0.1) is 11.3 Å². The lowest BCUT2D eigenvalue weighted by atomic mass is 10.3. The molecule has 1 aliphatic carbocycles. The zero-order valence-corrected chi connectivity index (χ0v) is 10.7. The Morgan fingerprint density at radius 2 is 2.38 bits per heavy atom. The first-order chi connectivity index (χ1) is 7.74. The highest BCUT2D eigenvalue weighted by Gasteiger charge is 2.29. The van der Waals surface area contributed by atoms with Crippen LogP contribution in [0.1, 0.15) is 34.3 Å². The molecule has 0 saturated heterocycles. The van der Waals surface area contributed by atoms with Crippen molar-refractivity contribution in [2.24, 2.45) is 0 Å². The van der Waals surface area contributed by atoms with Crippen LogP contribution in [0, 0.1) is 11.7 Å². The van der Waals surface area contributed by atoms with Crippen molar-refractivity contribution in [3.63, 3.8) is 0 Å². The van der Waals surface area contributed by atoms with E-state index >= 15 is 0 Å². The number of thiophene rings is 1. The van der Waals surface area contributed by atoms with Crippen molar-refractivity contribution in [3.05, 3.63) is 32.5 Å². The summed E-state index contributed by atoms with van der Waals surface area (Å²) in [6, 6.07) is 4.33. The fourth-order valence-electron chi connectivity index (χ4n) is 1.86. The average molecular weight is 251 g/mol. The number of aryl methyl sites for hydroxylation is 1. The monoisotopic (exact) mass is 251 g/mol. The third-order valence-electron chi connectivity index (χ3n) is 2.84. The van der Waals surface area contributed by atoms with Crippen LogP contribution in [0.15, 0.2) is 12.1 Å². The van der Waals surface area contributed by atoms with Crippen molar-refractivity contribution in [2.45, 2.75) is 32.2 Å². The number of nitrogens with one attached hydrogen (secondary N) is 1. The molecule has 2 aromatic heterocycles. The highest BCUT2D eigenvalue weighted by atomic mass is 32.1. The van der Waals surface area contributed by atoms with Crippen molar-refractivity contribution < 1.29 is 0 Å². The Labute approximate surface area is 103 Å². The molecule has 1 fully saturated rings. The lowest BCUT2D eigenvalue weighted by Gasteiger charge is -2.03. The van der Waals surface area contributed by atoms with Crippen LogP contribution in [0.3, 0.4) is 0 Å². The van der Waals surface area contributed by atoms with Crippen LogP contribution in [0.2, 0.25) is 0 Å². The molecule has 0 bridgehead atoms. The van der Waals surface area contributed by atoms with E-state index in [0.717, 1.165) is 17.1 Å². The Kier molecular flexibility index (Phi) is 2.44. The average Bonchev–Trinajstić information content (AvgIpc) is 2.93. The molecule has 1 saturated carbocycles. The second-order valence-corrected chi connectivity index (χ2v) is 6.02. The SMILES string of the molecule is Cc1ccc(Cn2c(C3CC3)n[nH]c2=S)s1. The van der Waals surface area contributed by atoms with E-state index in [9.17, 15) is 0 Å². The number of hydrogen-bond donors (Lipinski definition) is 1. The predicted octanol–water partition coefficient (Wildman–Crippen LogP) is 3.24. The lowest BCUT2D eigenvalue weighted by molar-refractivity contribution is 0.727. The number of aromatic amines is 1. The number of nitrogens with zero attached hydrogens (tertiary/aromatic N) is 2.